The van der Waals surface area contributed by atoms with E-state index in [1.165, 1.54) is 0 Å². The van der Waals surface area contributed by atoms with E-state index in [2.05, 4.69) is 32.4 Å². The number of oxazole rings is 1. The minimum Gasteiger partial charge on any atom is -0.436 e. The van der Waals surface area contributed by atoms with Gasteiger partial charge in [0.25, 0.3) is 0 Å². The molecule has 0 unspecified atom stereocenters. The fraction of sp³-hybridized carbons (Fsp3) is 0.143. The summed E-state index contributed by atoms with van der Waals surface area (Å²) in [6.07, 6.45) is 4.03. The Balaban J connectivity index is 2.15. The largest absolute Gasteiger partial charge is 0.436 e. The average molecular weight is 339 g/mol. The van der Waals surface area contributed by atoms with Crippen LogP contribution in [-0.4, -0.2) is 4.98 Å². The number of pyridine rings is 1. The Labute approximate surface area is 124 Å². The Hall–Kier alpha value is -1.39. The molecule has 3 nitrogen and oxygen atoms in total. The maximum absolute atomic E-state index is 5.95. The van der Waals surface area contributed by atoms with Crippen LogP contribution in [0.3, 0.4) is 0 Å². The van der Waals surface area contributed by atoms with Gasteiger partial charge in [-0.15, -0.1) is 0 Å². The van der Waals surface area contributed by atoms with Gasteiger partial charge in [0.15, 0.2) is 18.0 Å². The minimum atomic E-state index is 0.598. The molecule has 0 bridgehead atoms. The zero-order valence-corrected chi connectivity index (χ0v) is 12.6. The number of hydrogen-bond donors (Lipinski definition) is 0. The first-order chi connectivity index (χ1) is 9.15. The normalized spacial score (nSPS) is 11.1. The van der Waals surface area contributed by atoms with E-state index in [1.807, 2.05) is 24.5 Å². The van der Waals surface area contributed by atoms with Crippen molar-refractivity contribution < 1.29 is 8.98 Å². The Kier molecular flexibility index (Phi) is 3.29. The molecule has 5 heteroatoms. The summed E-state index contributed by atoms with van der Waals surface area (Å²) in [5, 5.41) is 0.658. The Bertz CT molecular complexity index is 754. The molecule has 0 atom stereocenters. The second-order valence-corrected chi connectivity index (χ2v) is 5.56. The number of aryl methyl sites for hydroxylation is 1. The highest BCUT2D eigenvalue weighted by atomic mass is 79.9. The summed E-state index contributed by atoms with van der Waals surface area (Å²) in [6, 6.07) is 7.42. The van der Waals surface area contributed by atoms with Gasteiger partial charge in [0.05, 0.1) is 4.47 Å². The van der Waals surface area contributed by atoms with Gasteiger partial charge in [-0.05, 0) is 47.1 Å². The van der Waals surface area contributed by atoms with Crippen molar-refractivity contribution in [3.63, 3.8) is 0 Å². The molecule has 3 aromatic rings. The molecule has 0 fully saturated rings. The number of fused-ring (bicyclic) bond motifs is 1. The van der Waals surface area contributed by atoms with E-state index in [0.717, 1.165) is 27.7 Å². The van der Waals surface area contributed by atoms with Gasteiger partial charge in [0.1, 0.15) is 17.6 Å². The molecule has 0 N–H and O–H groups in total. The number of aromatic nitrogens is 2. The second-order valence-electron chi connectivity index (χ2n) is 4.20. The van der Waals surface area contributed by atoms with Crippen molar-refractivity contribution in [3.05, 3.63) is 46.2 Å². The van der Waals surface area contributed by atoms with Crippen LogP contribution in [0.5, 0.6) is 0 Å². The van der Waals surface area contributed by atoms with Gasteiger partial charge < -0.3 is 4.42 Å². The molecular weight excluding hydrogens is 328 g/mol. The summed E-state index contributed by atoms with van der Waals surface area (Å²) in [5.74, 6) is 0.598. The molecule has 0 aliphatic carbocycles. The molecule has 2 aromatic heterocycles. The summed E-state index contributed by atoms with van der Waals surface area (Å²) in [6.45, 7) is 2.97. The Morgan fingerprint density at radius 1 is 1.32 bits per heavy atom. The van der Waals surface area contributed by atoms with E-state index >= 15 is 0 Å². The molecule has 0 amide bonds. The lowest BCUT2D eigenvalue weighted by Gasteiger charge is -1.96. The zero-order valence-electron chi connectivity index (χ0n) is 10.2. The van der Waals surface area contributed by atoms with Gasteiger partial charge in [0, 0.05) is 5.02 Å². The van der Waals surface area contributed by atoms with Crippen molar-refractivity contribution >= 4 is 38.6 Å². The fourth-order valence-electron chi connectivity index (χ4n) is 1.92. The van der Waals surface area contributed by atoms with Gasteiger partial charge >= 0.3 is 0 Å². The summed E-state index contributed by atoms with van der Waals surface area (Å²) >= 11 is 9.45. The van der Waals surface area contributed by atoms with Crippen LogP contribution in [0.2, 0.25) is 5.02 Å². The van der Waals surface area contributed by atoms with Crippen molar-refractivity contribution in [2.75, 3.05) is 0 Å². The first-order valence-electron chi connectivity index (χ1n) is 5.92. The molecule has 0 saturated carbocycles. The van der Waals surface area contributed by atoms with E-state index in [0.29, 0.717) is 10.9 Å². The molecule has 0 spiro atoms. The van der Waals surface area contributed by atoms with Crippen LogP contribution in [0.15, 0.2) is 45.5 Å². The standard InChI is InChI=1S/C14H11BrClN2O/c1-2-18-7-9(5-10(15)8-18)14-17-12-6-11(16)3-4-13(12)19-14/h3-8H,2H2,1H3/q+1. The first kappa shape index (κ1) is 12.6. The van der Waals surface area contributed by atoms with Crippen LogP contribution < -0.4 is 4.57 Å². The summed E-state index contributed by atoms with van der Waals surface area (Å²) < 4.78 is 8.82. The number of benzene rings is 1. The minimum absolute atomic E-state index is 0.598. The molecule has 96 valence electrons. The third-order valence-electron chi connectivity index (χ3n) is 2.85. The van der Waals surface area contributed by atoms with Crippen LogP contribution in [-0.2, 0) is 6.54 Å². The smallest absolute Gasteiger partial charge is 0.233 e. The maximum atomic E-state index is 5.95. The monoisotopic (exact) mass is 337 g/mol. The Morgan fingerprint density at radius 2 is 2.16 bits per heavy atom. The molecule has 0 saturated heterocycles. The van der Waals surface area contributed by atoms with E-state index in [4.69, 9.17) is 16.0 Å². The molecular formula is C14H11BrClN2O+. The highest BCUT2D eigenvalue weighted by molar-refractivity contribution is 9.10. The van der Waals surface area contributed by atoms with E-state index in [-0.39, 0.29) is 0 Å². The van der Waals surface area contributed by atoms with Crippen LogP contribution in [0.25, 0.3) is 22.6 Å². The molecule has 1 aromatic carbocycles. The molecule has 0 aliphatic rings. The highest BCUT2D eigenvalue weighted by Gasteiger charge is 2.13. The third kappa shape index (κ3) is 2.51. The lowest BCUT2D eigenvalue weighted by Crippen LogP contribution is -2.31. The van der Waals surface area contributed by atoms with Gasteiger partial charge in [0.2, 0.25) is 5.89 Å². The fourth-order valence-corrected chi connectivity index (χ4v) is 2.60. The van der Waals surface area contributed by atoms with Crippen LogP contribution >= 0.6 is 27.5 Å². The first-order valence-corrected chi connectivity index (χ1v) is 7.09. The Morgan fingerprint density at radius 3 is 2.95 bits per heavy atom. The van der Waals surface area contributed by atoms with Gasteiger partial charge in [-0.1, -0.05) is 11.6 Å². The predicted molar refractivity (Wildman–Crippen MR) is 78.0 cm³/mol. The molecule has 2 heterocycles. The van der Waals surface area contributed by atoms with Gasteiger partial charge in [-0.3, -0.25) is 0 Å². The molecule has 19 heavy (non-hydrogen) atoms. The lowest BCUT2D eigenvalue weighted by atomic mass is 10.3. The lowest BCUT2D eigenvalue weighted by molar-refractivity contribution is -0.693. The zero-order chi connectivity index (χ0) is 13.4. The molecule has 0 radical (unpaired) electrons. The van der Waals surface area contributed by atoms with Crippen molar-refractivity contribution in [3.8, 4) is 11.5 Å². The van der Waals surface area contributed by atoms with Crippen molar-refractivity contribution in [1.82, 2.24) is 4.98 Å². The maximum Gasteiger partial charge on any atom is 0.233 e. The molecule has 3 rings (SSSR count). The van der Waals surface area contributed by atoms with Gasteiger partial charge in [-0.2, -0.15) is 0 Å². The van der Waals surface area contributed by atoms with E-state index in [9.17, 15) is 0 Å². The van der Waals surface area contributed by atoms with Crippen molar-refractivity contribution in [2.24, 2.45) is 0 Å². The van der Waals surface area contributed by atoms with Crippen molar-refractivity contribution in [1.29, 1.82) is 0 Å². The summed E-state index contributed by atoms with van der Waals surface area (Å²) in [4.78, 5) is 4.48. The number of hydrogen-bond acceptors (Lipinski definition) is 2. The SMILES string of the molecule is CC[n+]1cc(Br)cc(-c2nc3cc(Cl)ccc3o2)c1. The van der Waals surface area contributed by atoms with E-state index in [1.54, 1.807) is 12.1 Å². The van der Waals surface area contributed by atoms with Gasteiger partial charge in [-0.25, -0.2) is 9.55 Å². The third-order valence-corrected chi connectivity index (χ3v) is 3.52. The van der Waals surface area contributed by atoms with Crippen LogP contribution in [0.4, 0.5) is 0 Å². The van der Waals surface area contributed by atoms with Crippen LogP contribution in [0, 0.1) is 0 Å². The highest BCUT2D eigenvalue weighted by Crippen LogP contribution is 2.26. The topological polar surface area (TPSA) is 29.9 Å². The number of halogens is 2. The second kappa shape index (κ2) is 4.94. The number of rotatable bonds is 2. The number of nitrogens with zero attached hydrogens (tertiary/aromatic N) is 2. The summed E-state index contributed by atoms with van der Waals surface area (Å²) in [7, 11) is 0. The predicted octanol–water partition coefficient (Wildman–Crippen LogP) is 4.22. The van der Waals surface area contributed by atoms with Crippen molar-refractivity contribution in [2.45, 2.75) is 13.5 Å². The summed E-state index contributed by atoms with van der Waals surface area (Å²) in [5.41, 5.74) is 2.44. The molecule has 0 aliphatic heterocycles. The van der Waals surface area contributed by atoms with E-state index < -0.39 is 0 Å². The quantitative estimate of drug-likeness (QED) is 0.655. The average Bonchev–Trinajstić information content (AvgIpc) is 2.80. The van der Waals surface area contributed by atoms with Crippen LogP contribution in [0.1, 0.15) is 6.92 Å².